The van der Waals surface area contributed by atoms with E-state index in [9.17, 15) is 50.7 Å². The van der Waals surface area contributed by atoms with Crippen LogP contribution in [0.2, 0.25) is 0 Å². The first-order valence-electron chi connectivity index (χ1n) is 35.7. The summed E-state index contributed by atoms with van der Waals surface area (Å²) in [5.74, 6) is 9.97. The van der Waals surface area contributed by atoms with Crippen LogP contribution in [-0.4, -0.2) is 199 Å². The lowest BCUT2D eigenvalue weighted by Crippen LogP contribution is -2.60. The highest BCUT2D eigenvalue weighted by atomic mass is 32.2. The fraction of sp³-hybridized carbons (Fsp3) is 0.325. The Hall–Kier alpha value is -12.0. The molecule has 0 aliphatic carbocycles. The Balaban J connectivity index is 0.000000218. The number of aromatic nitrogens is 8. The molecule has 6 amide bonds. The number of aryl methyl sites for hydroxylation is 2. The number of fused-ring (bicyclic) bond motifs is 2. The highest BCUT2D eigenvalue weighted by Crippen LogP contribution is 2.29. The Morgan fingerprint density at radius 3 is 1.35 bits per heavy atom. The molecule has 6 aromatic heterocycles. The third kappa shape index (κ3) is 21.3. The SMILES string of the molecule is Cn1ccc(CS(=O)(=O)c2ccc(C(=O)NCc3ccn4ccnc4c3)cc2C#Cc2ccc(C(=O)NCCN3CCN(C(=O)O)C(C(C)(C)C)C3)cc2)n1.Cn1ccc(CS(=O)(=O)c2ccc(C(=O)NCc3ccn4ccnc4c3)cc2C#Cc2ccc(C(=O)NCCN3CCN(C(=O)OC(C)(C)C)CC3)cc2)n1. The Morgan fingerprint density at radius 1 is 0.500 bits per heavy atom. The zero-order valence-corrected chi connectivity index (χ0v) is 64.1. The second-order valence-corrected chi connectivity index (χ2v) is 32.8. The minimum Gasteiger partial charge on any atom is -0.465 e. The number of piperazine rings is 2. The van der Waals surface area contributed by atoms with E-state index < -0.39 is 43.2 Å². The number of carbonyl (C=O) groups is 6. The minimum absolute atomic E-state index is 0.0192. The second kappa shape index (κ2) is 34.5. The largest absolute Gasteiger partial charge is 0.465 e. The van der Waals surface area contributed by atoms with Crippen LogP contribution in [0.15, 0.2) is 181 Å². The van der Waals surface area contributed by atoms with Gasteiger partial charge in [-0.2, -0.15) is 10.2 Å². The van der Waals surface area contributed by atoms with Crippen molar-refractivity contribution in [2.45, 2.75) is 87.6 Å². The lowest BCUT2D eigenvalue weighted by atomic mass is 9.84. The molecule has 0 radical (unpaired) electrons. The molecule has 110 heavy (non-hydrogen) atoms. The molecular formula is C80H88N16O12S2. The number of carbonyl (C=O) groups excluding carboxylic acids is 5. The van der Waals surface area contributed by atoms with Gasteiger partial charge in [0.1, 0.15) is 16.9 Å². The van der Waals surface area contributed by atoms with Gasteiger partial charge in [0.15, 0.2) is 19.7 Å². The van der Waals surface area contributed by atoms with E-state index in [1.54, 1.807) is 104 Å². The van der Waals surface area contributed by atoms with Crippen LogP contribution in [0.5, 0.6) is 0 Å². The van der Waals surface area contributed by atoms with E-state index in [2.05, 4.69) is 74.9 Å². The average molecular weight is 1530 g/mol. The maximum absolute atomic E-state index is 13.6. The van der Waals surface area contributed by atoms with E-state index in [1.165, 1.54) is 50.7 Å². The van der Waals surface area contributed by atoms with Crippen molar-refractivity contribution in [2.75, 3.05) is 72.0 Å². The quantitative estimate of drug-likeness (QED) is 0.0462. The number of sulfone groups is 2. The number of pyridine rings is 2. The highest BCUT2D eigenvalue weighted by Gasteiger charge is 2.38. The Kier molecular flexibility index (Phi) is 24.8. The van der Waals surface area contributed by atoms with E-state index in [0.717, 1.165) is 22.4 Å². The van der Waals surface area contributed by atoms with E-state index in [0.29, 0.717) is 106 Å². The molecule has 1 atom stereocenters. The van der Waals surface area contributed by atoms with E-state index in [4.69, 9.17) is 4.74 Å². The molecule has 2 aliphatic rings. The molecule has 28 nitrogen and oxygen atoms in total. The summed E-state index contributed by atoms with van der Waals surface area (Å²) >= 11 is 0. The summed E-state index contributed by atoms with van der Waals surface area (Å²) in [4.78, 5) is 92.5. The van der Waals surface area contributed by atoms with Crippen molar-refractivity contribution < 1.29 is 55.4 Å². The molecule has 8 heterocycles. The summed E-state index contributed by atoms with van der Waals surface area (Å²) in [7, 11) is -4.38. The lowest BCUT2D eigenvalue weighted by molar-refractivity contribution is 0.0146. The number of carboxylic acid groups (broad SMARTS) is 1. The number of rotatable bonds is 20. The van der Waals surface area contributed by atoms with Crippen molar-refractivity contribution in [3.63, 3.8) is 0 Å². The third-order valence-corrected chi connectivity index (χ3v) is 21.7. The van der Waals surface area contributed by atoms with Crippen LogP contribution in [0, 0.1) is 29.1 Å². The van der Waals surface area contributed by atoms with Crippen LogP contribution in [0.3, 0.4) is 0 Å². The molecule has 2 saturated heterocycles. The molecular weight excluding hydrogens is 1440 g/mol. The van der Waals surface area contributed by atoms with Crippen molar-refractivity contribution in [3.05, 3.63) is 238 Å². The van der Waals surface area contributed by atoms with Gasteiger partial charge in [0.05, 0.1) is 38.7 Å². The fourth-order valence-corrected chi connectivity index (χ4v) is 15.3. The summed E-state index contributed by atoms with van der Waals surface area (Å²) < 4.78 is 66.7. The van der Waals surface area contributed by atoms with Gasteiger partial charge in [-0.25, -0.2) is 36.4 Å². The summed E-state index contributed by atoms with van der Waals surface area (Å²) in [6.45, 7) is 18.2. The van der Waals surface area contributed by atoms with Crippen molar-refractivity contribution in [1.82, 2.24) is 79.2 Å². The van der Waals surface area contributed by atoms with Gasteiger partial charge >= 0.3 is 12.2 Å². The Bertz CT molecular complexity index is 5410. The van der Waals surface area contributed by atoms with Gasteiger partial charge in [-0.15, -0.1) is 0 Å². The maximum Gasteiger partial charge on any atom is 0.410 e. The predicted molar refractivity (Wildman–Crippen MR) is 412 cm³/mol. The van der Waals surface area contributed by atoms with Gasteiger partial charge in [-0.05, 0) is 159 Å². The first-order chi connectivity index (χ1) is 52.4. The van der Waals surface area contributed by atoms with Crippen molar-refractivity contribution in [3.8, 4) is 23.7 Å². The zero-order valence-electron chi connectivity index (χ0n) is 62.5. The third-order valence-electron chi connectivity index (χ3n) is 18.3. The zero-order chi connectivity index (χ0) is 78.5. The van der Waals surface area contributed by atoms with Gasteiger partial charge in [-0.3, -0.25) is 38.3 Å². The first-order valence-corrected chi connectivity index (χ1v) is 39.0. The van der Waals surface area contributed by atoms with Crippen LogP contribution in [0.25, 0.3) is 11.3 Å². The topological polar surface area (TPSA) is 331 Å². The molecule has 12 rings (SSSR count). The minimum atomic E-state index is -3.90. The summed E-state index contributed by atoms with van der Waals surface area (Å²) in [5, 5.41) is 29.7. The van der Waals surface area contributed by atoms with E-state index in [-0.39, 0.29) is 86.0 Å². The molecule has 0 spiro atoms. The maximum atomic E-state index is 13.6. The summed E-state index contributed by atoms with van der Waals surface area (Å²) in [6.07, 6.45) is 12.9. The lowest BCUT2D eigenvalue weighted by Gasteiger charge is -2.46. The van der Waals surface area contributed by atoms with Crippen LogP contribution in [-0.2, 0) is 63.1 Å². The number of amides is 6. The molecule has 2 aliphatic heterocycles. The van der Waals surface area contributed by atoms with Crippen molar-refractivity contribution >= 4 is 66.8 Å². The molecule has 0 bridgehead atoms. The van der Waals surface area contributed by atoms with Crippen LogP contribution in [0.1, 0.15) is 128 Å². The van der Waals surface area contributed by atoms with Crippen LogP contribution >= 0.6 is 0 Å². The first kappa shape index (κ1) is 79.1. The predicted octanol–water partition coefficient (Wildman–Crippen LogP) is 7.47. The molecule has 30 heteroatoms. The number of nitrogens with one attached hydrogen (secondary N) is 4. The van der Waals surface area contributed by atoms with Gasteiger partial charge in [0.2, 0.25) is 0 Å². The number of ether oxygens (including phenoxy) is 1. The smallest absolute Gasteiger partial charge is 0.410 e. The molecule has 0 saturated carbocycles. The van der Waals surface area contributed by atoms with E-state index >= 15 is 0 Å². The number of imidazole rings is 2. The number of benzene rings is 4. The van der Waals surface area contributed by atoms with Gasteiger partial charge in [0.25, 0.3) is 23.6 Å². The second-order valence-electron chi connectivity index (χ2n) is 28.9. The Labute approximate surface area is 638 Å². The van der Waals surface area contributed by atoms with E-state index in [1.807, 2.05) is 99.4 Å². The molecule has 5 N–H and O–H groups in total. The summed E-state index contributed by atoms with van der Waals surface area (Å²) in [6, 6.07) is 32.6. The van der Waals surface area contributed by atoms with Gasteiger partial charge < -0.3 is 49.7 Å². The van der Waals surface area contributed by atoms with Crippen LogP contribution < -0.4 is 21.3 Å². The van der Waals surface area contributed by atoms with Crippen LogP contribution in [0.4, 0.5) is 9.59 Å². The standard InChI is InChI=1S/2C40H44N8O6S/c1-40(2,3)54-39(51)48-23-21-46(22-24-48)19-15-42-37(49)31-8-5-29(6-9-31)7-10-32-26-33(11-12-35(32)55(52,53)28-34-14-17-45(4)44-34)38(50)43-27-30-13-18-47-20-16-41-36(47)25-30;1-40(2,3)35-26-46(21-22-48(35)39(51)52)19-15-42-37(49)30-8-5-28(6-9-30)7-10-31-24-32(11-12-34(31)55(53,54)27-33-14-17-45(4)44-33)38(50)43-25-29-13-18-47-20-16-41-36(47)23-29/h5-6,8-9,11-14,16-18,20,25-26H,15,19,21-24,27-28H2,1-4H3,(H,42,49)(H,43,50);5-6,8-9,11-14,16-18,20,23-24,35H,15,19,21-22,25-27H2,1-4H3,(H,42,49)(H,43,50)(H,51,52). The Morgan fingerprint density at radius 2 is 0.927 bits per heavy atom. The van der Waals surface area contributed by atoms with Gasteiger partial charge in [0, 0.05) is 193 Å². The van der Waals surface area contributed by atoms with Crippen molar-refractivity contribution in [2.24, 2.45) is 19.5 Å². The average Bonchev–Trinajstić information content (AvgIpc) is 1.03. The number of hydrogen-bond acceptors (Lipinski definition) is 17. The molecule has 10 aromatic rings. The molecule has 572 valence electrons. The number of hydrogen-bond donors (Lipinski definition) is 5. The fourth-order valence-electron chi connectivity index (χ4n) is 12.4. The van der Waals surface area contributed by atoms with Gasteiger partial charge in [-0.1, -0.05) is 44.5 Å². The molecule has 2 fully saturated rings. The molecule has 4 aromatic carbocycles. The normalized spacial score (nSPS) is 14.3. The summed E-state index contributed by atoms with van der Waals surface area (Å²) in [5.41, 5.74) is 5.98. The molecule has 1 unspecified atom stereocenters. The number of nitrogens with zero attached hydrogens (tertiary/aromatic N) is 12. The highest BCUT2D eigenvalue weighted by molar-refractivity contribution is 7.91. The monoisotopic (exact) mass is 1530 g/mol. The van der Waals surface area contributed by atoms with Crippen molar-refractivity contribution in [1.29, 1.82) is 0 Å².